The number of hydrogen-bond acceptors (Lipinski definition) is 6. The predicted molar refractivity (Wildman–Crippen MR) is 161 cm³/mol. The molecule has 2 saturated heterocycles. The predicted octanol–water partition coefficient (Wildman–Crippen LogP) is 3.91. The number of nitrogens with two attached hydrogens (primary N) is 2. The lowest BCUT2D eigenvalue weighted by Crippen LogP contribution is -2.44. The standard InChI is InChI=1S/C30H36F2N6O2S/c1-37-8-10-38(11-9-37)25-3-5-29(28(19-25)35-24-6-12-40-13-7-24)41(39)36-30(34)26-17-20(2-4-27(26)33)14-21-15-22(31)18-23(32)16-21/h2-5,15-19,24,35H,6-14,33H2,1H3,(H2,34,36). The minimum absolute atomic E-state index is 0.0215. The number of rotatable bonds is 8. The fourth-order valence-corrected chi connectivity index (χ4v) is 6.04. The average molecular weight is 583 g/mol. The van der Waals surface area contributed by atoms with Crippen molar-refractivity contribution in [2.45, 2.75) is 30.2 Å². The number of halogens is 2. The molecule has 0 spiro atoms. The van der Waals surface area contributed by atoms with Gasteiger partial charge < -0.3 is 31.3 Å². The Bertz CT molecular complexity index is 1420. The molecule has 0 amide bonds. The third-order valence-corrected chi connectivity index (χ3v) is 8.60. The van der Waals surface area contributed by atoms with Crippen molar-refractivity contribution in [3.63, 3.8) is 0 Å². The second-order valence-electron chi connectivity index (χ2n) is 10.6. The van der Waals surface area contributed by atoms with Crippen LogP contribution in [0.1, 0.15) is 29.5 Å². The van der Waals surface area contributed by atoms with Gasteiger partial charge in [0.05, 0.1) is 10.6 Å². The second kappa shape index (κ2) is 13.0. The van der Waals surface area contributed by atoms with Crippen LogP contribution in [0.3, 0.4) is 0 Å². The number of hydrogen-bond donors (Lipinski definition) is 3. The van der Waals surface area contributed by atoms with E-state index < -0.39 is 22.6 Å². The highest BCUT2D eigenvalue weighted by Gasteiger charge is 2.21. The third kappa shape index (κ3) is 7.41. The molecule has 0 bridgehead atoms. The maximum atomic E-state index is 13.7. The van der Waals surface area contributed by atoms with Crippen LogP contribution in [0, 0.1) is 11.6 Å². The maximum absolute atomic E-state index is 13.7. The summed E-state index contributed by atoms with van der Waals surface area (Å²) in [6.45, 7) is 5.14. The summed E-state index contributed by atoms with van der Waals surface area (Å²) in [4.78, 5) is 5.16. The molecule has 218 valence electrons. The Morgan fingerprint density at radius 2 is 1.71 bits per heavy atom. The Morgan fingerprint density at radius 1 is 1.00 bits per heavy atom. The first kappa shape index (κ1) is 29.0. The summed E-state index contributed by atoms with van der Waals surface area (Å²) < 4.78 is 50.8. The highest BCUT2D eigenvalue weighted by atomic mass is 32.2. The number of nitrogen functional groups attached to an aromatic ring is 1. The van der Waals surface area contributed by atoms with E-state index in [1.54, 1.807) is 18.2 Å². The van der Waals surface area contributed by atoms with Gasteiger partial charge >= 0.3 is 0 Å². The highest BCUT2D eigenvalue weighted by molar-refractivity contribution is 7.84. The summed E-state index contributed by atoms with van der Waals surface area (Å²) in [5.41, 5.74) is 16.4. The van der Waals surface area contributed by atoms with E-state index in [1.807, 2.05) is 18.2 Å². The van der Waals surface area contributed by atoms with E-state index in [0.29, 0.717) is 34.9 Å². The fraction of sp³-hybridized carbons (Fsp3) is 0.367. The van der Waals surface area contributed by atoms with Crippen molar-refractivity contribution < 1.29 is 17.7 Å². The van der Waals surface area contributed by atoms with Gasteiger partial charge in [0.25, 0.3) is 0 Å². The van der Waals surface area contributed by atoms with E-state index in [1.165, 1.54) is 12.1 Å². The number of nitrogens with zero attached hydrogens (tertiary/aromatic N) is 3. The topological polar surface area (TPSA) is 109 Å². The van der Waals surface area contributed by atoms with Crippen molar-refractivity contribution in [1.29, 1.82) is 0 Å². The van der Waals surface area contributed by atoms with Crippen molar-refractivity contribution in [2.24, 2.45) is 10.1 Å². The molecule has 3 aromatic rings. The maximum Gasteiger partial charge on any atom is 0.176 e. The van der Waals surface area contributed by atoms with Crippen LogP contribution in [-0.2, 0) is 22.1 Å². The molecule has 8 nitrogen and oxygen atoms in total. The summed E-state index contributed by atoms with van der Waals surface area (Å²) >= 11 is 0. The van der Waals surface area contributed by atoms with Crippen LogP contribution < -0.4 is 21.7 Å². The quantitative estimate of drug-likeness (QED) is 0.210. The van der Waals surface area contributed by atoms with Crippen LogP contribution >= 0.6 is 0 Å². The van der Waals surface area contributed by atoms with Gasteiger partial charge in [-0.1, -0.05) is 6.07 Å². The summed E-state index contributed by atoms with van der Waals surface area (Å²) in [6, 6.07) is 14.6. The van der Waals surface area contributed by atoms with Crippen molar-refractivity contribution in [3.8, 4) is 0 Å². The summed E-state index contributed by atoms with van der Waals surface area (Å²) in [7, 11) is 0.299. The molecular weight excluding hydrogens is 546 g/mol. The SMILES string of the molecule is CN1CCN(c2ccc(S(=O)/N=C(\N)c3cc(Cc4cc(F)cc(F)c4)ccc3N)c(NC3CCOCC3)c2)CC1. The minimum atomic E-state index is -1.82. The summed E-state index contributed by atoms with van der Waals surface area (Å²) in [6.07, 6.45) is 1.98. The van der Waals surface area contributed by atoms with Crippen LogP contribution in [0.5, 0.6) is 0 Å². The second-order valence-corrected chi connectivity index (χ2v) is 11.7. The molecule has 2 fully saturated rings. The molecule has 41 heavy (non-hydrogen) atoms. The van der Waals surface area contributed by atoms with Gasteiger partial charge in [0.1, 0.15) is 17.5 Å². The van der Waals surface area contributed by atoms with E-state index in [9.17, 15) is 13.0 Å². The average Bonchev–Trinajstić information content (AvgIpc) is 2.94. The van der Waals surface area contributed by atoms with Crippen LogP contribution in [0.4, 0.5) is 25.8 Å². The molecule has 0 aromatic heterocycles. The van der Waals surface area contributed by atoms with E-state index in [0.717, 1.165) is 62.0 Å². The zero-order valence-corrected chi connectivity index (χ0v) is 23.9. The van der Waals surface area contributed by atoms with Crippen molar-refractivity contribution in [2.75, 3.05) is 62.4 Å². The first-order chi connectivity index (χ1) is 19.7. The first-order valence-corrected chi connectivity index (χ1v) is 14.9. The molecule has 3 aromatic carbocycles. The number of anilines is 3. The molecule has 5 rings (SSSR count). The van der Waals surface area contributed by atoms with E-state index in [2.05, 4.69) is 26.6 Å². The number of ether oxygens (including phenoxy) is 1. The van der Waals surface area contributed by atoms with Gasteiger partial charge in [-0.15, -0.1) is 0 Å². The molecule has 0 aliphatic carbocycles. The number of benzene rings is 3. The Morgan fingerprint density at radius 3 is 2.41 bits per heavy atom. The number of piperazine rings is 1. The zero-order chi connectivity index (χ0) is 28.9. The van der Waals surface area contributed by atoms with Gasteiger partial charge in [0.2, 0.25) is 0 Å². The molecule has 2 heterocycles. The molecular formula is C30H36F2N6O2S. The van der Waals surface area contributed by atoms with Gasteiger partial charge in [0.15, 0.2) is 11.0 Å². The molecule has 11 heteroatoms. The fourth-order valence-electron chi connectivity index (χ4n) is 5.18. The number of amidine groups is 1. The molecule has 2 aliphatic heterocycles. The van der Waals surface area contributed by atoms with Crippen LogP contribution in [-0.4, -0.2) is 67.4 Å². The monoisotopic (exact) mass is 582 g/mol. The highest BCUT2D eigenvalue weighted by Crippen LogP contribution is 2.30. The van der Waals surface area contributed by atoms with Gasteiger partial charge in [0, 0.05) is 68.4 Å². The van der Waals surface area contributed by atoms with Crippen LogP contribution in [0.25, 0.3) is 0 Å². The lowest BCUT2D eigenvalue weighted by molar-refractivity contribution is 0.0904. The van der Waals surface area contributed by atoms with Crippen molar-refractivity contribution in [1.82, 2.24) is 4.90 Å². The van der Waals surface area contributed by atoms with Gasteiger partial charge in [-0.3, -0.25) is 0 Å². The van der Waals surface area contributed by atoms with Crippen LogP contribution in [0.2, 0.25) is 0 Å². The molecule has 5 N–H and O–H groups in total. The minimum Gasteiger partial charge on any atom is -0.398 e. The zero-order valence-electron chi connectivity index (χ0n) is 23.1. The van der Waals surface area contributed by atoms with Gasteiger partial charge in [-0.2, -0.15) is 4.40 Å². The molecule has 1 unspecified atom stereocenters. The Hall–Kier alpha value is -3.54. The Balaban J connectivity index is 1.41. The van der Waals surface area contributed by atoms with E-state index in [-0.39, 0.29) is 18.3 Å². The first-order valence-electron chi connectivity index (χ1n) is 13.8. The molecule has 0 radical (unpaired) electrons. The lowest BCUT2D eigenvalue weighted by atomic mass is 10.0. The van der Waals surface area contributed by atoms with E-state index >= 15 is 0 Å². The van der Waals surface area contributed by atoms with Gasteiger partial charge in [-0.25, -0.2) is 13.0 Å². The smallest absolute Gasteiger partial charge is 0.176 e. The van der Waals surface area contributed by atoms with Gasteiger partial charge in [-0.05, 0) is 79.9 Å². The van der Waals surface area contributed by atoms with Crippen LogP contribution in [0.15, 0.2) is 63.9 Å². The third-order valence-electron chi connectivity index (χ3n) is 7.51. The normalized spacial score (nSPS) is 17.9. The van der Waals surface area contributed by atoms with E-state index in [4.69, 9.17) is 16.2 Å². The van der Waals surface area contributed by atoms with Crippen molar-refractivity contribution >= 4 is 33.9 Å². The van der Waals surface area contributed by atoms with Crippen molar-refractivity contribution in [3.05, 3.63) is 82.9 Å². The Kier molecular flexibility index (Phi) is 9.16. The molecule has 0 saturated carbocycles. The lowest BCUT2D eigenvalue weighted by Gasteiger charge is -2.34. The Labute approximate surface area is 242 Å². The largest absolute Gasteiger partial charge is 0.398 e. The summed E-state index contributed by atoms with van der Waals surface area (Å²) in [5.74, 6) is -1.26. The summed E-state index contributed by atoms with van der Waals surface area (Å²) in [5, 5.41) is 3.58. The number of nitrogens with one attached hydrogen (secondary N) is 1. The molecule has 1 atom stereocenters. The molecule has 2 aliphatic rings. The number of likely N-dealkylation sites (N-methyl/N-ethyl adjacent to an activating group) is 1.